The molecule has 2 heterocycles. The Kier molecular flexibility index (Phi) is 8.25. The number of carbonyl (C=O) groups is 3. The summed E-state index contributed by atoms with van der Waals surface area (Å²) < 4.78 is 0. The second-order valence-corrected chi connectivity index (χ2v) is 8.59. The summed E-state index contributed by atoms with van der Waals surface area (Å²) in [5.41, 5.74) is 3.13. The van der Waals surface area contributed by atoms with Crippen molar-refractivity contribution in [3.63, 3.8) is 0 Å². The summed E-state index contributed by atoms with van der Waals surface area (Å²) in [6.45, 7) is 5.02. The lowest BCUT2D eigenvalue weighted by Crippen LogP contribution is -2.50. The first-order chi connectivity index (χ1) is 17.5. The molecule has 36 heavy (non-hydrogen) atoms. The SMILES string of the molecule is CC(=O)Nc1cccc(NC(=O)C(=O)NC[C@H](c2cccnc2)N2CCN(c3ccccc3)CC2)c1. The topological polar surface area (TPSA) is 107 Å². The van der Waals surface area contributed by atoms with Gasteiger partial charge in [-0.3, -0.25) is 24.3 Å². The van der Waals surface area contributed by atoms with Crippen molar-refractivity contribution >= 4 is 34.8 Å². The Labute approximate surface area is 210 Å². The van der Waals surface area contributed by atoms with Gasteiger partial charge >= 0.3 is 11.8 Å². The predicted octanol–water partition coefficient (Wildman–Crippen LogP) is 2.66. The van der Waals surface area contributed by atoms with Crippen LogP contribution in [0.1, 0.15) is 18.5 Å². The van der Waals surface area contributed by atoms with E-state index < -0.39 is 11.8 Å². The monoisotopic (exact) mass is 486 g/mol. The molecular weight excluding hydrogens is 456 g/mol. The molecule has 4 rings (SSSR count). The van der Waals surface area contributed by atoms with E-state index in [4.69, 9.17) is 0 Å². The van der Waals surface area contributed by atoms with Gasteiger partial charge in [0.2, 0.25) is 5.91 Å². The van der Waals surface area contributed by atoms with E-state index in [2.05, 4.69) is 42.9 Å². The number of amides is 3. The maximum absolute atomic E-state index is 12.6. The molecule has 1 aliphatic rings. The van der Waals surface area contributed by atoms with Crippen LogP contribution in [0, 0.1) is 0 Å². The third-order valence-corrected chi connectivity index (χ3v) is 6.05. The van der Waals surface area contributed by atoms with E-state index in [1.54, 1.807) is 36.7 Å². The Hall–Kier alpha value is -4.24. The lowest BCUT2D eigenvalue weighted by Gasteiger charge is -2.40. The predicted molar refractivity (Wildman–Crippen MR) is 140 cm³/mol. The Morgan fingerprint density at radius 2 is 1.58 bits per heavy atom. The van der Waals surface area contributed by atoms with Gasteiger partial charge in [0.1, 0.15) is 0 Å². The fourth-order valence-electron chi connectivity index (χ4n) is 4.30. The van der Waals surface area contributed by atoms with Crippen LogP contribution in [0.3, 0.4) is 0 Å². The van der Waals surface area contributed by atoms with Gasteiger partial charge in [-0.2, -0.15) is 0 Å². The first-order valence-corrected chi connectivity index (χ1v) is 11.9. The van der Waals surface area contributed by atoms with Crippen LogP contribution in [0.15, 0.2) is 79.1 Å². The molecular formula is C27H30N6O3. The number of piperazine rings is 1. The molecule has 0 saturated carbocycles. The van der Waals surface area contributed by atoms with E-state index in [0.717, 1.165) is 31.7 Å². The average Bonchev–Trinajstić information content (AvgIpc) is 2.90. The van der Waals surface area contributed by atoms with E-state index in [-0.39, 0.29) is 18.5 Å². The minimum absolute atomic E-state index is 0.114. The summed E-state index contributed by atoms with van der Waals surface area (Å²) in [7, 11) is 0. The normalized spacial score (nSPS) is 14.5. The van der Waals surface area contributed by atoms with Gasteiger partial charge in [-0.1, -0.05) is 30.3 Å². The molecule has 9 nitrogen and oxygen atoms in total. The smallest absolute Gasteiger partial charge is 0.313 e. The van der Waals surface area contributed by atoms with Crippen molar-refractivity contribution in [3.05, 3.63) is 84.7 Å². The van der Waals surface area contributed by atoms with Crippen LogP contribution < -0.4 is 20.9 Å². The number of nitrogens with zero attached hydrogens (tertiary/aromatic N) is 3. The van der Waals surface area contributed by atoms with Crippen LogP contribution in [-0.2, 0) is 14.4 Å². The maximum atomic E-state index is 12.6. The molecule has 3 N–H and O–H groups in total. The van der Waals surface area contributed by atoms with E-state index in [9.17, 15) is 14.4 Å². The molecule has 3 amide bonds. The van der Waals surface area contributed by atoms with Gasteiger partial charge in [0, 0.05) is 69.1 Å². The first kappa shape index (κ1) is 24.9. The highest BCUT2D eigenvalue weighted by Gasteiger charge is 2.27. The van der Waals surface area contributed by atoms with Gasteiger partial charge in [0.25, 0.3) is 0 Å². The summed E-state index contributed by atoms with van der Waals surface area (Å²) in [6, 6.07) is 20.7. The Morgan fingerprint density at radius 1 is 0.861 bits per heavy atom. The average molecular weight is 487 g/mol. The summed E-state index contributed by atoms with van der Waals surface area (Å²) in [6.07, 6.45) is 3.52. The molecule has 1 aliphatic heterocycles. The highest BCUT2D eigenvalue weighted by molar-refractivity contribution is 6.39. The van der Waals surface area contributed by atoms with Crippen LogP contribution in [0.2, 0.25) is 0 Å². The lowest BCUT2D eigenvalue weighted by atomic mass is 10.1. The number of hydrogen-bond acceptors (Lipinski definition) is 6. The molecule has 1 fully saturated rings. The molecule has 2 aromatic carbocycles. The zero-order valence-corrected chi connectivity index (χ0v) is 20.2. The van der Waals surface area contributed by atoms with Crippen molar-refractivity contribution < 1.29 is 14.4 Å². The van der Waals surface area contributed by atoms with Crippen molar-refractivity contribution in [1.82, 2.24) is 15.2 Å². The zero-order valence-electron chi connectivity index (χ0n) is 20.2. The number of pyridine rings is 1. The van der Waals surface area contributed by atoms with Crippen molar-refractivity contribution in [1.29, 1.82) is 0 Å². The molecule has 1 aromatic heterocycles. The summed E-state index contributed by atoms with van der Waals surface area (Å²) in [5, 5.41) is 8.02. The highest BCUT2D eigenvalue weighted by Crippen LogP contribution is 2.23. The molecule has 0 aliphatic carbocycles. The van der Waals surface area contributed by atoms with Crippen molar-refractivity contribution in [3.8, 4) is 0 Å². The maximum Gasteiger partial charge on any atom is 0.313 e. The number of anilines is 3. The molecule has 0 bridgehead atoms. The number of hydrogen-bond donors (Lipinski definition) is 3. The minimum Gasteiger partial charge on any atom is -0.369 e. The second-order valence-electron chi connectivity index (χ2n) is 8.59. The van der Waals surface area contributed by atoms with Gasteiger partial charge in [-0.15, -0.1) is 0 Å². The van der Waals surface area contributed by atoms with E-state index in [1.807, 2.05) is 30.3 Å². The fraction of sp³-hybridized carbons (Fsp3) is 0.259. The number of nitrogens with one attached hydrogen (secondary N) is 3. The zero-order chi connectivity index (χ0) is 25.3. The number of carbonyl (C=O) groups excluding carboxylic acids is 3. The van der Waals surface area contributed by atoms with Crippen LogP contribution in [-0.4, -0.2) is 60.3 Å². The largest absolute Gasteiger partial charge is 0.369 e. The van der Waals surface area contributed by atoms with Gasteiger partial charge in [-0.05, 0) is 42.0 Å². The van der Waals surface area contributed by atoms with Crippen LogP contribution in [0.5, 0.6) is 0 Å². The molecule has 0 unspecified atom stereocenters. The van der Waals surface area contributed by atoms with Crippen molar-refractivity contribution in [2.45, 2.75) is 13.0 Å². The molecule has 186 valence electrons. The molecule has 0 radical (unpaired) electrons. The van der Waals surface area contributed by atoms with Gasteiger partial charge in [-0.25, -0.2) is 0 Å². The third kappa shape index (κ3) is 6.67. The Morgan fingerprint density at radius 3 is 2.25 bits per heavy atom. The van der Waals surface area contributed by atoms with Crippen LogP contribution >= 0.6 is 0 Å². The van der Waals surface area contributed by atoms with Crippen LogP contribution in [0.25, 0.3) is 0 Å². The first-order valence-electron chi connectivity index (χ1n) is 11.9. The van der Waals surface area contributed by atoms with E-state index in [1.165, 1.54) is 12.6 Å². The molecule has 0 spiro atoms. The second kappa shape index (κ2) is 11.9. The lowest BCUT2D eigenvalue weighted by molar-refractivity contribution is -0.136. The Bertz CT molecular complexity index is 1180. The molecule has 1 saturated heterocycles. The number of benzene rings is 2. The molecule has 9 heteroatoms. The third-order valence-electron chi connectivity index (χ3n) is 6.05. The fourth-order valence-corrected chi connectivity index (χ4v) is 4.30. The van der Waals surface area contributed by atoms with Crippen molar-refractivity contribution in [2.75, 3.05) is 48.3 Å². The standard InChI is InChI=1S/C27H30N6O3/c1-20(34)30-22-8-5-9-23(17-22)31-27(36)26(35)29-19-25(21-7-6-12-28-18-21)33-15-13-32(14-16-33)24-10-3-2-4-11-24/h2-12,17-18,25H,13-16,19H2,1H3,(H,29,35)(H,30,34)(H,31,36)/t25-/m1/s1. The van der Waals surface area contributed by atoms with Crippen LogP contribution in [0.4, 0.5) is 17.1 Å². The summed E-state index contributed by atoms with van der Waals surface area (Å²) in [5.74, 6) is -1.71. The van der Waals surface area contributed by atoms with Gasteiger partial charge < -0.3 is 20.9 Å². The molecule has 1 atom stereocenters. The van der Waals surface area contributed by atoms with E-state index >= 15 is 0 Å². The van der Waals surface area contributed by atoms with Gasteiger partial charge in [0.15, 0.2) is 0 Å². The van der Waals surface area contributed by atoms with Gasteiger partial charge in [0.05, 0.1) is 6.04 Å². The van der Waals surface area contributed by atoms with E-state index in [0.29, 0.717) is 11.4 Å². The number of para-hydroxylation sites is 1. The number of rotatable bonds is 7. The van der Waals surface area contributed by atoms with Crippen molar-refractivity contribution in [2.24, 2.45) is 0 Å². The summed E-state index contributed by atoms with van der Waals surface area (Å²) >= 11 is 0. The highest BCUT2D eigenvalue weighted by atomic mass is 16.2. The Balaban J connectivity index is 1.37. The number of aromatic nitrogens is 1. The quantitative estimate of drug-likeness (QED) is 0.444. The minimum atomic E-state index is -0.770. The summed E-state index contributed by atoms with van der Waals surface area (Å²) in [4.78, 5) is 45.3. The molecule has 3 aromatic rings.